The van der Waals surface area contributed by atoms with E-state index < -0.39 is 0 Å². The van der Waals surface area contributed by atoms with Crippen LogP contribution in [0.5, 0.6) is 0 Å². The molecular formula is C14H23N3O. The zero-order valence-electron chi connectivity index (χ0n) is 11.4. The summed E-state index contributed by atoms with van der Waals surface area (Å²) in [6, 6.07) is 7.46. The van der Waals surface area contributed by atoms with Gasteiger partial charge in [-0.3, -0.25) is 0 Å². The lowest BCUT2D eigenvalue weighted by Crippen LogP contribution is -2.50. The van der Waals surface area contributed by atoms with Crippen molar-refractivity contribution in [2.75, 3.05) is 11.9 Å². The fraction of sp³-hybridized carbons (Fsp3) is 0.500. The molecule has 4 N–H and O–H groups in total. The van der Waals surface area contributed by atoms with Gasteiger partial charge in [0.2, 0.25) is 0 Å². The maximum absolute atomic E-state index is 11.7. The number of rotatable bonds is 5. The molecule has 0 saturated heterocycles. The molecule has 0 radical (unpaired) electrons. The van der Waals surface area contributed by atoms with Crippen LogP contribution in [0.3, 0.4) is 0 Å². The van der Waals surface area contributed by atoms with Crippen LogP contribution in [-0.4, -0.2) is 18.1 Å². The lowest BCUT2D eigenvalue weighted by Gasteiger charge is -2.26. The van der Waals surface area contributed by atoms with Gasteiger partial charge >= 0.3 is 6.03 Å². The highest BCUT2D eigenvalue weighted by Gasteiger charge is 2.20. The van der Waals surface area contributed by atoms with Crippen molar-refractivity contribution >= 4 is 11.7 Å². The van der Waals surface area contributed by atoms with Crippen LogP contribution in [0.15, 0.2) is 24.3 Å². The van der Waals surface area contributed by atoms with E-state index in [2.05, 4.69) is 10.6 Å². The van der Waals surface area contributed by atoms with E-state index in [1.54, 1.807) is 0 Å². The number of carbonyl (C=O) groups excluding carboxylic acids is 1. The quantitative estimate of drug-likeness (QED) is 0.751. The number of nitrogens with two attached hydrogens (primary N) is 1. The van der Waals surface area contributed by atoms with Crippen LogP contribution in [0.2, 0.25) is 0 Å². The van der Waals surface area contributed by atoms with Gasteiger partial charge in [-0.2, -0.15) is 0 Å². The molecule has 0 unspecified atom stereocenters. The van der Waals surface area contributed by atoms with Crippen molar-refractivity contribution in [3.05, 3.63) is 29.8 Å². The third-order valence-corrected chi connectivity index (χ3v) is 3.32. The molecule has 1 aromatic carbocycles. The summed E-state index contributed by atoms with van der Waals surface area (Å²) in [6.45, 7) is 6.55. The summed E-state index contributed by atoms with van der Waals surface area (Å²) in [7, 11) is 0. The highest BCUT2D eigenvalue weighted by Crippen LogP contribution is 2.10. The second kappa shape index (κ2) is 6.40. The minimum absolute atomic E-state index is 0.212. The average Bonchev–Trinajstić information content (AvgIpc) is 2.39. The number of aryl methyl sites for hydroxylation is 1. The zero-order valence-corrected chi connectivity index (χ0v) is 11.4. The van der Waals surface area contributed by atoms with Crippen molar-refractivity contribution in [2.24, 2.45) is 5.73 Å². The standard InChI is InChI=1S/C14H23N3O/c1-4-14(15,5-2)10-16-13(18)17-12-8-6-11(3)7-9-12/h6-9H,4-5,10,15H2,1-3H3,(H2,16,17,18). The number of carbonyl (C=O) groups is 1. The number of hydrogen-bond acceptors (Lipinski definition) is 2. The van der Waals surface area contributed by atoms with Gasteiger partial charge in [-0.1, -0.05) is 31.5 Å². The third kappa shape index (κ3) is 4.37. The summed E-state index contributed by atoms with van der Waals surface area (Å²) in [5, 5.41) is 5.60. The monoisotopic (exact) mass is 249 g/mol. The van der Waals surface area contributed by atoms with E-state index in [1.807, 2.05) is 45.0 Å². The normalized spacial score (nSPS) is 11.1. The second-order valence-electron chi connectivity index (χ2n) is 4.74. The van der Waals surface area contributed by atoms with Gasteiger partial charge in [0, 0.05) is 17.8 Å². The smallest absolute Gasteiger partial charge is 0.319 e. The predicted octanol–water partition coefficient (Wildman–Crippen LogP) is 2.63. The molecule has 18 heavy (non-hydrogen) atoms. The summed E-state index contributed by atoms with van der Waals surface area (Å²) in [6.07, 6.45) is 1.68. The molecule has 0 aliphatic rings. The van der Waals surface area contributed by atoms with Crippen molar-refractivity contribution in [1.29, 1.82) is 0 Å². The Morgan fingerprint density at radius 1 is 1.22 bits per heavy atom. The fourth-order valence-electron chi connectivity index (χ4n) is 1.57. The van der Waals surface area contributed by atoms with Crippen molar-refractivity contribution in [3.63, 3.8) is 0 Å². The van der Waals surface area contributed by atoms with Crippen molar-refractivity contribution in [3.8, 4) is 0 Å². The van der Waals surface area contributed by atoms with Gasteiger partial charge in [0.1, 0.15) is 0 Å². The molecule has 0 aromatic heterocycles. The number of anilines is 1. The Labute approximate surface area is 109 Å². The maximum atomic E-state index is 11.7. The van der Waals surface area contributed by atoms with Crippen LogP contribution < -0.4 is 16.4 Å². The zero-order chi connectivity index (χ0) is 13.6. The first kappa shape index (κ1) is 14.5. The summed E-state index contributed by atoms with van der Waals surface area (Å²) in [5.41, 5.74) is 7.75. The van der Waals surface area contributed by atoms with E-state index in [0.717, 1.165) is 18.5 Å². The van der Waals surface area contributed by atoms with Gasteiger partial charge in [-0.05, 0) is 31.9 Å². The predicted molar refractivity (Wildman–Crippen MR) is 75.7 cm³/mol. The van der Waals surface area contributed by atoms with E-state index in [-0.39, 0.29) is 11.6 Å². The first-order chi connectivity index (χ1) is 8.49. The molecule has 0 heterocycles. The van der Waals surface area contributed by atoms with Crippen LogP contribution >= 0.6 is 0 Å². The summed E-state index contributed by atoms with van der Waals surface area (Å²) in [5.74, 6) is 0. The molecule has 2 amide bonds. The Hall–Kier alpha value is -1.55. The van der Waals surface area contributed by atoms with Crippen LogP contribution in [0, 0.1) is 6.92 Å². The lowest BCUT2D eigenvalue weighted by atomic mass is 9.94. The molecule has 100 valence electrons. The van der Waals surface area contributed by atoms with Gasteiger partial charge in [0.25, 0.3) is 0 Å². The van der Waals surface area contributed by atoms with E-state index in [0.29, 0.717) is 6.54 Å². The second-order valence-corrected chi connectivity index (χ2v) is 4.74. The molecule has 1 rings (SSSR count). The number of benzene rings is 1. The molecule has 0 atom stereocenters. The van der Waals surface area contributed by atoms with Crippen LogP contribution in [0.1, 0.15) is 32.3 Å². The maximum Gasteiger partial charge on any atom is 0.319 e. The van der Waals surface area contributed by atoms with E-state index in [1.165, 1.54) is 5.56 Å². The summed E-state index contributed by atoms with van der Waals surface area (Å²) in [4.78, 5) is 11.7. The topological polar surface area (TPSA) is 67.1 Å². The fourth-order valence-corrected chi connectivity index (χ4v) is 1.57. The SMILES string of the molecule is CCC(N)(CC)CNC(=O)Nc1ccc(C)cc1. The molecule has 0 fully saturated rings. The first-order valence-electron chi connectivity index (χ1n) is 6.39. The van der Waals surface area contributed by atoms with Gasteiger partial charge < -0.3 is 16.4 Å². The summed E-state index contributed by atoms with van der Waals surface area (Å²) < 4.78 is 0. The minimum Gasteiger partial charge on any atom is -0.336 e. The molecule has 0 bridgehead atoms. The summed E-state index contributed by atoms with van der Waals surface area (Å²) >= 11 is 0. The van der Waals surface area contributed by atoms with E-state index in [4.69, 9.17) is 5.73 Å². The highest BCUT2D eigenvalue weighted by molar-refractivity contribution is 5.89. The Morgan fingerprint density at radius 2 is 1.78 bits per heavy atom. The number of urea groups is 1. The van der Waals surface area contributed by atoms with Gasteiger partial charge in [-0.25, -0.2) is 4.79 Å². The van der Waals surface area contributed by atoms with Crippen molar-refractivity contribution in [2.45, 2.75) is 39.2 Å². The van der Waals surface area contributed by atoms with E-state index >= 15 is 0 Å². The van der Waals surface area contributed by atoms with Gasteiger partial charge in [-0.15, -0.1) is 0 Å². The van der Waals surface area contributed by atoms with Gasteiger partial charge in [0.15, 0.2) is 0 Å². The molecular weight excluding hydrogens is 226 g/mol. The minimum atomic E-state index is -0.315. The Morgan fingerprint density at radius 3 is 2.28 bits per heavy atom. The van der Waals surface area contributed by atoms with Crippen molar-refractivity contribution in [1.82, 2.24) is 5.32 Å². The van der Waals surface area contributed by atoms with E-state index in [9.17, 15) is 4.79 Å². The molecule has 0 spiro atoms. The lowest BCUT2D eigenvalue weighted by molar-refractivity contribution is 0.247. The average molecular weight is 249 g/mol. The molecule has 0 saturated carbocycles. The Balaban J connectivity index is 2.45. The molecule has 4 nitrogen and oxygen atoms in total. The number of hydrogen-bond donors (Lipinski definition) is 3. The molecule has 0 aliphatic heterocycles. The Bertz CT molecular complexity index is 383. The van der Waals surface area contributed by atoms with Gasteiger partial charge in [0.05, 0.1) is 0 Å². The third-order valence-electron chi connectivity index (χ3n) is 3.32. The van der Waals surface area contributed by atoms with Crippen LogP contribution in [0.4, 0.5) is 10.5 Å². The first-order valence-corrected chi connectivity index (χ1v) is 6.39. The van der Waals surface area contributed by atoms with Crippen LogP contribution in [0.25, 0.3) is 0 Å². The van der Waals surface area contributed by atoms with Crippen LogP contribution in [-0.2, 0) is 0 Å². The highest BCUT2D eigenvalue weighted by atomic mass is 16.2. The molecule has 4 heteroatoms. The molecule has 1 aromatic rings. The number of nitrogens with one attached hydrogen (secondary N) is 2. The van der Waals surface area contributed by atoms with Crippen molar-refractivity contribution < 1.29 is 4.79 Å². The Kier molecular flexibility index (Phi) is 5.16. The largest absolute Gasteiger partial charge is 0.336 e. The molecule has 0 aliphatic carbocycles. The number of amides is 2.